The summed E-state index contributed by atoms with van der Waals surface area (Å²) in [5.74, 6) is 0.598. The van der Waals surface area contributed by atoms with Crippen LogP contribution in [0.3, 0.4) is 0 Å². The zero-order valence-corrected chi connectivity index (χ0v) is 10.6. The van der Waals surface area contributed by atoms with Crippen LogP contribution in [0.1, 0.15) is 35.2 Å². The van der Waals surface area contributed by atoms with Crippen molar-refractivity contribution in [2.75, 3.05) is 6.54 Å². The van der Waals surface area contributed by atoms with Crippen LogP contribution in [0.15, 0.2) is 30.4 Å². The second kappa shape index (κ2) is 5.71. The summed E-state index contributed by atoms with van der Waals surface area (Å²) in [5.41, 5.74) is 1.30. The molecule has 1 aromatic carbocycles. The number of rotatable bonds is 3. The Bertz CT molecular complexity index is 466. The molecule has 1 atom stereocenters. The van der Waals surface area contributed by atoms with E-state index in [9.17, 15) is 9.90 Å². The first kappa shape index (κ1) is 12.7. The number of benzene rings is 1. The highest BCUT2D eigenvalue weighted by atomic mass is 16.3. The SMILES string of the molecule is Cc1ccc(C(=O)NCC2CC=CCC2)cc1O. The van der Waals surface area contributed by atoms with Gasteiger partial charge in [0.1, 0.15) is 5.75 Å². The molecule has 0 bridgehead atoms. The maximum Gasteiger partial charge on any atom is 0.251 e. The molecular formula is C15H19NO2. The Hall–Kier alpha value is -1.77. The lowest BCUT2D eigenvalue weighted by Gasteiger charge is -2.18. The van der Waals surface area contributed by atoms with Crippen LogP contribution < -0.4 is 5.32 Å². The summed E-state index contributed by atoms with van der Waals surface area (Å²) >= 11 is 0. The Labute approximate surface area is 108 Å². The Kier molecular flexibility index (Phi) is 4.03. The molecule has 2 rings (SSSR count). The molecule has 0 aromatic heterocycles. The highest BCUT2D eigenvalue weighted by Gasteiger charge is 2.12. The van der Waals surface area contributed by atoms with Crippen LogP contribution >= 0.6 is 0 Å². The number of hydrogen-bond acceptors (Lipinski definition) is 2. The maximum atomic E-state index is 11.9. The largest absolute Gasteiger partial charge is 0.508 e. The van der Waals surface area contributed by atoms with Crippen LogP contribution in [-0.4, -0.2) is 17.6 Å². The molecule has 0 radical (unpaired) electrons. The first-order valence-corrected chi connectivity index (χ1v) is 6.39. The second-order valence-electron chi connectivity index (χ2n) is 4.86. The van der Waals surface area contributed by atoms with E-state index in [1.54, 1.807) is 12.1 Å². The number of aryl methyl sites for hydroxylation is 1. The van der Waals surface area contributed by atoms with Gasteiger partial charge >= 0.3 is 0 Å². The molecule has 0 fully saturated rings. The summed E-state index contributed by atoms with van der Waals surface area (Å²) in [6.07, 6.45) is 7.65. The predicted molar refractivity (Wildman–Crippen MR) is 71.7 cm³/mol. The topological polar surface area (TPSA) is 49.3 Å². The summed E-state index contributed by atoms with van der Waals surface area (Å²) < 4.78 is 0. The lowest BCUT2D eigenvalue weighted by molar-refractivity contribution is 0.0946. The van der Waals surface area contributed by atoms with Crippen molar-refractivity contribution < 1.29 is 9.90 Å². The fourth-order valence-corrected chi connectivity index (χ4v) is 2.13. The fourth-order valence-electron chi connectivity index (χ4n) is 2.13. The van der Waals surface area contributed by atoms with Gasteiger partial charge in [-0.3, -0.25) is 4.79 Å². The van der Waals surface area contributed by atoms with E-state index in [0.29, 0.717) is 18.0 Å². The standard InChI is InChI=1S/C15H19NO2/c1-11-7-8-13(9-14(11)17)15(18)16-10-12-5-3-2-4-6-12/h2-3,7-9,12,17H,4-6,10H2,1H3,(H,16,18). The quantitative estimate of drug-likeness (QED) is 0.804. The van der Waals surface area contributed by atoms with Crippen molar-refractivity contribution in [2.24, 2.45) is 5.92 Å². The number of phenols is 1. The van der Waals surface area contributed by atoms with Crippen molar-refractivity contribution in [3.8, 4) is 5.75 Å². The molecule has 2 N–H and O–H groups in total. The first-order valence-electron chi connectivity index (χ1n) is 6.39. The van der Waals surface area contributed by atoms with E-state index in [1.165, 1.54) is 6.07 Å². The van der Waals surface area contributed by atoms with Crippen LogP contribution in [0, 0.1) is 12.8 Å². The van der Waals surface area contributed by atoms with Gasteiger partial charge < -0.3 is 10.4 Å². The molecule has 18 heavy (non-hydrogen) atoms. The molecular weight excluding hydrogens is 226 g/mol. The van der Waals surface area contributed by atoms with Crippen molar-refractivity contribution in [3.63, 3.8) is 0 Å². The Balaban J connectivity index is 1.91. The average Bonchev–Trinajstić information content (AvgIpc) is 2.40. The third-order valence-corrected chi connectivity index (χ3v) is 3.40. The van der Waals surface area contributed by atoms with Crippen molar-refractivity contribution in [1.82, 2.24) is 5.32 Å². The van der Waals surface area contributed by atoms with Gasteiger partial charge in [-0.25, -0.2) is 0 Å². The lowest BCUT2D eigenvalue weighted by Crippen LogP contribution is -2.29. The molecule has 3 nitrogen and oxygen atoms in total. The van der Waals surface area contributed by atoms with Crippen LogP contribution in [0.25, 0.3) is 0 Å². The van der Waals surface area contributed by atoms with Crippen molar-refractivity contribution in [1.29, 1.82) is 0 Å². The number of hydrogen-bond donors (Lipinski definition) is 2. The molecule has 1 aliphatic rings. The van der Waals surface area contributed by atoms with Gasteiger partial charge in [0.05, 0.1) is 0 Å². The highest BCUT2D eigenvalue weighted by molar-refractivity contribution is 5.94. The molecule has 96 valence electrons. The van der Waals surface area contributed by atoms with Crippen LogP contribution in [0.2, 0.25) is 0 Å². The van der Waals surface area contributed by atoms with E-state index in [1.807, 2.05) is 6.92 Å². The second-order valence-corrected chi connectivity index (χ2v) is 4.86. The summed E-state index contributed by atoms with van der Waals surface area (Å²) in [7, 11) is 0. The van der Waals surface area contributed by atoms with Crippen molar-refractivity contribution in [2.45, 2.75) is 26.2 Å². The zero-order valence-electron chi connectivity index (χ0n) is 10.6. The molecule has 1 amide bonds. The molecule has 1 aliphatic carbocycles. The fraction of sp³-hybridized carbons (Fsp3) is 0.400. The molecule has 0 aliphatic heterocycles. The minimum atomic E-state index is -0.111. The normalized spacial score (nSPS) is 18.6. The maximum absolute atomic E-state index is 11.9. The lowest BCUT2D eigenvalue weighted by atomic mass is 9.94. The molecule has 0 saturated carbocycles. The molecule has 0 heterocycles. The van der Waals surface area contributed by atoms with Gasteiger partial charge in [-0.1, -0.05) is 18.2 Å². The third kappa shape index (κ3) is 3.13. The number of nitrogens with one attached hydrogen (secondary N) is 1. The van der Waals surface area contributed by atoms with Crippen LogP contribution in [-0.2, 0) is 0 Å². The number of amides is 1. The highest BCUT2D eigenvalue weighted by Crippen LogP contribution is 2.19. The molecule has 1 unspecified atom stereocenters. The predicted octanol–water partition coefficient (Wildman–Crippen LogP) is 2.79. The Morgan fingerprint density at radius 3 is 2.94 bits per heavy atom. The molecule has 0 spiro atoms. The van der Waals surface area contributed by atoms with Crippen LogP contribution in [0.5, 0.6) is 5.75 Å². The number of carbonyl (C=O) groups excluding carboxylic acids is 1. The minimum Gasteiger partial charge on any atom is -0.508 e. The Morgan fingerprint density at radius 1 is 1.44 bits per heavy atom. The average molecular weight is 245 g/mol. The van der Waals surface area contributed by atoms with Gasteiger partial charge in [-0.15, -0.1) is 0 Å². The summed E-state index contributed by atoms with van der Waals surface area (Å²) in [5, 5.41) is 12.5. The molecule has 0 saturated heterocycles. The van der Waals surface area contributed by atoms with Gasteiger partial charge in [-0.2, -0.15) is 0 Å². The molecule has 3 heteroatoms. The number of phenolic OH excluding ortho intramolecular Hbond substituents is 1. The van der Waals surface area contributed by atoms with Crippen LogP contribution in [0.4, 0.5) is 0 Å². The minimum absolute atomic E-state index is 0.111. The molecule has 1 aromatic rings. The van der Waals surface area contributed by atoms with E-state index < -0.39 is 0 Å². The van der Waals surface area contributed by atoms with Gasteiger partial charge in [0.15, 0.2) is 0 Å². The Morgan fingerprint density at radius 2 is 2.28 bits per heavy atom. The van der Waals surface area contributed by atoms with Gasteiger partial charge in [0.25, 0.3) is 5.91 Å². The van der Waals surface area contributed by atoms with Gasteiger partial charge in [0.2, 0.25) is 0 Å². The zero-order chi connectivity index (χ0) is 13.0. The third-order valence-electron chi connectivity index (χ3n) is 3.40. The summed E-state index contributed by atoms with van der Waals surface area (Å²) in [4.78, 5) is 11.9. The van der Waals surface area contributed by atoms with E-state index in [2.05, 4.69) is 17.5 Å². The van der Waals surface area contributed by atoms with Gasteiger partial charge in [0, 0.05) is 12.1 Å². The van der Waals surface area contributed by atoms with Crippen molar-refractivity contribution >= 4 is 5.91 Å². The monoisotopic (exact) mass is 245 g/mol. The van der Waals surface area contributed by atoms with Gasteiger partial charge in [-0.05, 0) is 49.8 Å². The van der Waals surface area contributed by atoms with E-state index >= 15 is 0 Å². The van der Waals surface area contributed by atoms with E-state index in [4.69, 9.17) is 0 Å². The van der Waals surface area contributed by atoms with Crippen molar-refractivity contribution in [3.05, 3.63) is 41.5 Å². The van der Waals surface area contributed by atoms with E-state index in [0.717, 1.165) is 24.8 Å². The summed E-state index contributed by atoms with van der Waals surface area (Å²) in [6, 6.07) is 5.02. The van der Waals surface area contributed by atoms with E-state index in [-0.39, 0.29) is 11.7 Å². The smallest absolute Gasteiger partial charge is 0.251 e. The summed E-state index contributed by atoms with van der Waals surface area (Å²) in [6.45, 7) is 2.52. The number of allylic oxidation sites excluding steroid dienone is 2. The number of aromatic hydroxyl groups is 1. The first-order chi connectivity index (χ1) is 8.66. The number of carbonyl (C=O) groups is 1.